The molecule has 0 aromatic heterocycles. The van der Waals surface area contributed by atoms with Gasteiger partial charge in [-0.25, -0.2) is 4.79 Å². The molecule has 0 atom stereocenters. The molecule has 0 fully saturated rings. The Morgan fingerprint density at radius 2 is 2.00 bits per heavy atom. The zero-order valence-electron chi connectivity index (χ0n) is 11.1. The van der Waals surface area contributed by atoms with Crippen LogP contribution in [0.25, 0.3) is 0 Å². The molecule has 0 spiro atoms. The lowest BCUT2D eigenvalue weighted by atomic mass is 10.1. The van der Waals surface area contributed by atoms with Gasteiger partial charge in [0.25, 0.3) is 0 Å². The number of amides is 2. The summed E-state index contributed by atoms with van der Waals surface area (Å²) in [5.74, 6) is -0.522. The van der Waals surface area contributed by atoms with Gasteiger partial charge in [0.1, 0.15) is 5.60 Å². The van der Waals surface area contributed by atoms with Gasteiger partial charge in [0.15, 0.2) is 0 Å². The van der Waals surface area contributed by atoms with E-state index in [0.29, 0.717) is 10.0 Å². The summed E-state index contributed by atoms with van der Waals surface area (Å²) in [6.07, 6.45) is -0.504. The number of rotatable bonds is 3. The molecule has 0 saturated carbocycles. The van der Waals surface area contributed by atoms with Gasteiger partial charge in [-0.15, -0.1) is 0 Å². The summed E-state index contributed by atoms with van der Waals surface area (Å²) >= 11 is 3.24. The zero-order chi connectivity index (χ0) is 14.6. The van der Waals surface area contributed by atoms with Crippen molar-refractivity contribution in [2.24, 2.45) is 5.73 Å². The van der Waals surface area contributed by atoms with Crippen molar-refractivity contribution in [3.63, 3.8) is 0 Å². The molecule has 0 aliphatic rings. The van der Waals surface area contributed by atoms with Gasteiger partial charge in [0, 0.05) is 11.0 Å². The number of hydrogen-bond acceptors (Lipinski definition) is 3. The number of hydrogen-bond donors (Lipinski definition) is 2. The van der Waals surface area contributed by atoms with Gasteiger partial charge in [0.05, 0.1) is 5.56 Å². The Morgan fingerprint density at radius 1 is 1.37 bits per heavy atom. The SMILES string of the molecule is CC(C)(C)OC(=O)NCc1ccc(Br)c(C(N)=O)c1. The molecule has 1 aromatic carbocycles. The van der Waals surface area contributed by atoms with E-state index in [9.17, 15) is 9.59 Å². The van der Waals surface area contributed by atoms with E-state index in [1.807, 2.05) is 0 Å². The maximum absolute atomic E-state index is 11.5. The van der Waals surface area contributed by atoms with Crippen molar-refractivity contribution in [2.45, 2.75) is 32.9 Å². The maximum Gasteiger partial charge on any atom is 0.407 e. The molecular formula is C13H17BrN2O3. The summed E-state index contributed by atoms with van der Waals surface area (Å²) in [6.45, 7) is 5.63. The predicted molar refractivity (Wildman–Crippen MR) is 75.7 cm³/mol. The van der Waals surface area contributed by atoms with E-state index in [0.717, 1.165) is 5.56 Å². The number of alkyl carbamates (subject to hydrolysis) is 1. The lowest BCUT2D eigenvalue weighted by Gasteiger charge is -2.19. The highest BCUT2D eigenvalue weighted by Crippen LogP contribution is 2.18. The van der Waals surface area contributed by atoms with Gasteiger partial charge < -0.3 is 15.8 Å². The second-order valence-electron chi connectivity index (χ2n) is 5.03. The first-order chi connectivity index (χ1) is 8.69. The van der Waals surface area contributed by atoms with Gasteiger partial charge in [0.2, 0.25) is 5.91 Å². The zero-order valence-corrected chi connectivity index (χ0v) is 12.7. The number of halogens is 1. The normalized spacial score (nSPS) is 10.9. The lowest BCUT2D eigenvalue weighted by Crippen LogP contribution is -2.32. The highest BCUT2D eigenvalue weighted by Gasteiger charge is 2.16. The van der Waals surface area contributed by atoms with Crippen molar-refractivity contribution >= 4 is 27.9 Å². The Labute approximate surface area is 120 Å². The topological polar surface area (TPSA) is 81.4 Å². The molecule has 6 heteroatoms. The number of nitrogens with two attached hydrogens (primary N) is 1. The molecule has 5 nitrogen and oxygen atoms in total. The maximum atomic E-state index is 11.5. The molecule has 19 heavy (non-hydrogen) atoms. The standard InChI is InChI=1S/C13H17BrN2O3/c1-13(2,3)19-12(18)16-7-8-4-5-10(14)9(6-8)11(15)17/h4-6H,7H2,1-3H3,(H2,15,17)(H,16,18). The van der Waals surface area contributed by atoms with Crippen molar-refractivity contribution in [1.29, 1.82) is 0 Å². The van der Waals surface area contributed by atoms with E-state index in [4.69, 9.17) is 10.5 Å². The van der Waals surface area contributed by atoms with Crippen molar-refractivity contribution in [2.75, 3.05) is 0 Å². The minimum Gasteiger partial charge on any atom is -0.444 e. The van der Waals surface area contributed by atoms with Crippen LogP contribution in [0.4, 0.5) is 4.79 Å². The molecule has 1 aromatic rings. The Kier molecular flexibility index (Phi) is 4.94. The second kappa shape index (κ2) is 6.06. The minimum atomic E-state index is -0.539. The number of primary amides is 1. The number of carbonyl (C=O) groups excluding carboxylic acids is 2. The molecule has 0 aliphatic carbocycles. The van der Waals surface area contributed by atoms with Crippen LogP contribution in [-0.2, 0) is 11.3 Å². The van der Waals surface area contributed by atoms with Gasteiger partial charge in [-0.1, -0.05) is 6.07 Å². The Balaban J connectivity index is 2.66. The first-order valence-electron chi connectivity index (χ1n) is 5.74. The molecule has 2 amide bonds. The largest absolute Gasteiger partial charge is 0.444 e. The molecule has 0 heterocycles. The molecule has 0 unspecified atom stereocenters. The molecule has 0 saturated heterocycles. The Hall–Kier alpha value is -1.56. The molecular weight excluding hydrogens is 312 g/mol. The summed E-state index contributed by atoms with van der Waals surface area (Å²) in [4.78, 5) is 22.7. The third-order valence-corrected chi connectivity index (χ3v) is 2.82. The van der Waals surface area contributed by atoms with Gasteiger partial charge in [-0.2, -0.15) is 0 Å². The fourth-order valence-electron chi connectivity index (χ4n) is 1.36. The van der Waals surface area contributed by atoms with E-state index in [-0.39, 0.29) is 6.54 Å². The monoisotopic (exact) mass is 328 g/mol. The minimum absolute atomic E-state index is 0.266. The van der Waals surface area contributed by atoms with E-state index in [2.05, 4.69) is 21.2 Å². The first-order valence-corrected chi connectivity index (χ1v) is 6.53. The van der Waals surface area contributed by atoms with Crippen LogP contribution in [0.3, 0.4) is 0 Å². The van der Waals surface area contributed by atoms with Gasteiger partial charge in [-0.3, -0.25) is 4.79 Å². The van der Waals surface area contributed by atoms with Crippen LogP contribution in [0.15, 0.2) is 22.7 Å². The van der Waals surface area contributed by atoms with Crippen molar-refractivity contribution in [1.82, 2.24) is 5.32 Å². The highest BCUT2D eigenvalue weighted by molar-refractivity contribution is 9.10. The van der Waals surface area contributed by atoms with Crippen molar-refractivity contribution in [3.05, 3.63) is 33.8 Å². The fraction of sp³-hybridized carbons (Fsp3) is 0.385. The average molecular weight is 329 g/mol. The summed E-state index contributed by atoms with van der Waals surface area (Å²) in [6, 6.07) is 5.13. The quantitative estimate of drug-likeness (QED) is 0.894. The molecule has 0 aliphatic heterocycles. The van der Waals surface area contributed by atoms with E-state index >= 15 is 0 Å². The fourth-order valence-corrected chi connectivity index (χ4v) is 1.80. The smallest absolute Gasteiger partial charge is 0.407 e. The van der Waals surface area contributed by atoms with Crippen molar-refractivity contribution < 1.29 is 14.3 Å². The van der Waals surface area contributed by atoms with E-state index in [1.165, 1.54) is 0 Å². The summed E-state index contributed by atoms with van der Waals surface area (Å²) in [5, 5.41) is 2.61. The molecule has 104 valence electrons. The molecule has 0 radical (unpaired) electrons. The summed E-state index contributed by atoms with van der Waals surface area (Å²) in [5.41, 5.74) is 5.85. The van der Waals surface area contributed by atoms with Gasteiger partial charge >= 0.3 is 6.09 Å². The van der Waals surface area contributed by atoms with E-state index < -0.39 is 17.6 Å². The lowest BCUT2D eigenvalue weighted by molar-refractivity contribution is 0.0523. The molecule has 0 bridgehead atoms. The van der Waals surface area contributed by atoms with Crippen LogP contribution in [0, 0.1) is 0 Å². The number of carbonyl (C=O) groups is 2. The molecule has 1 rings (SSSR count). The van der Waals surface area contributed by atoms with Crippen LogP contribution in [0.1, 0.15) is 36.7 Å². The first kappa shape index (κ1) is 15.5. The highest BCUT2D eigenvalue weighted by atomic mass is 79.9. The van der Waals surface area contributed by atoms with Crippen LogP contribution in [0.5, 0.6) is 0 Å². The van der Waals surface area contributed by atoms with Crippen LogP contribution < -0.4 is 11.1 Å². The Morgan fingerprint density at radius 3 is 2.53 bits per heavy atom. The number of nitrogens with one attached hydrogen (secondary N) is 1. The second-order valence-corrected chi connectivity index (χ2v) is 5.89. The summed E-state index contributed by atoms with van der Waals surface area (Å²) < 4.78 is 5.74. The van der Waals surface area contributed by atoms with E-state index in [1.54, 1.807) is 39.0 Å². The number of ether oxygens (including phenoxy) is 1. The van der Waals surface area contributed by atoms with Crippen LogP contribution in [0.2, 0.25) is 0 Å². The molecule has 3 N–H and O–H groups in total. The van der Waals surface area contributed by atoms with Crippen LogP contribution in [-0.4, -0.2) is 17.6 Å². The van der Waals surface area contributed by atoms with Crippen molar-refractivity contribution in [3.8, 4) is 0 Å². The Bertz CT molecular complexity index is 495. The third kappa shape index (κ3) is 5.30. The average Bonchev–Trinajstić information content (AvgIpc) is 2.25. The summed E-state index contributed by atoms with van der Waals surface area (Å²) in [7, 11) is 0. The third-order valence-electron chi connectivity index (χ3n) is 2.13. The van der Waals surface area contributed by atoms with Gasteiger partial charge in [-0.05, 0) is 54.4 Å². The number of benzene rings is 1. The van der Waals surface area contributed by atoms with Crippen LogP contribution >= 0.6 is 15.9 Å². The predicted octanol–water partition coefficient (Wildman–Crippen LogP) is 2.57.